The SMILES string of the molecule is CC=CCC(C(C)=O)C(=O)Oc1ccc([N+](=O)[O-])cn1. The molecule has 0 radical (unpaired) electrons. The van der Waals surface area contributed by atoms with Crippen LogP contribution < -0.4 is 4.74 Å². The van der Waals surface area contributed by atoms with E-state index in [1.54, 1.807) is 19.1 Å². The molecule has 1 aromatic heterocycles. The Labute approximate surface area is 115 Å². The van der Waals surface area contributed by atoms with Gasteiger partial charge < -0.3 is 4.74 Å². The van der Waals surface area contributed by atoms with E-state index in [4.69, 9.17) is 4.74 Å². The number of hydrogen-bond acceptors (Lipinski definition) is 6. The molecule has 1 rings (SSSR count). The molecule has 20 heavy (non-hydrogen) atoms. The Bertz CT molecular complexity index is 536. The normalized spacial score (nSPS) is 12.1. The maximum absolute atomic E-state index is 11.8. The number of carbonyl (C=O) groups excluding carboxylic acids is 2. The lowest BCUT2D eigenvalue weighted by atomic mass is 10.0. The van der Waals surface area contributed by atoms with Crippen LogP contribution in [-0.2, 0) is 9.59 Å². The van der Waals surface area contributed by atoms with Gasteiger partial charge >= 0.3 is 5.97 Å². The van der Waals surface area contributed by atoms with Gasteiger partial charge in [0.25, 0.3) is 5.69 Å². The summed E-state index contributed by atoms with van der Waals surface area (Å²) in [5, 5.41) is 10.5. The minimum Gasteiger partial charge on any atom is -0.407 e. The number of allylic oxidation sites excluding steroid dienone is 2. The zero-order valence-electron chi connectivity index (χ0n) is 11.1. The number of aromatic nitrogens is 1. The van der Waals surface area contributed by atoms with Crippen molar-refractivity contribution in [3.8, 4) is 5.88 Å². The summed E-state index contributed by atoms with van der Waals surface area (Å²) in [6.45, 7) is 3.08. The van der Waals surface area contributed by atoms with Gasteiger partial charge in [-0.3, -0.25) is 19.7 Å². The van der Waals surface area contributed by atoms with Gasteiger partial charge in [0.05, 0.1) is 4.92 Å². The predicted octanol–water partition coefficient (Wildman–Crippen LogP) is 2.07. The van der Waals surface area contributed by atoms with Crippen molar-refractivity contribution in [3.63, 3.8) is 0 Å². The molecule has 1 atom stereocenters. The third-order valence-corrected chi connectivity index (χ3v) is 2.52. The van der Waals surface area contributed by atoms with E-state index in [-0.39, 0.29) is 23.8 Å². The molecule has 0 bridgehead atoms. The van der Waals surface area contributed by atoms with Gasteiger partial charge in [0.2, 0.25) is 5.88 Å². The minimum absolute atomic E-state index is 0.0765. The molecule has 7 nitrogen and oxygen atoms in total. The minimum atomic E-state index is -0.900. The van der Waals surface area contributed by atoms with Gasteiger partial charge in [0, 0.05) is 12.1 Å². The largest absolute Gasteiger partial charge is 0.407 e. The Kier molecular flexibility index (Phi) is 5.52. The van der Waals surface area contributed by atoms with Crippen molar-refractivity contribution in [1.29, 1.82) is 0 Å². The fourth-order valence-corrected chi connectivity index (χ4v) is 1.42. The van der Waals surface area contributed by atoms with Crippen molar-refractivity contribution in [2.24, 2.45) is 5.92 Å². The van der Waals surface area contributed by atoms with Crippen LogP contribution >= 0.6 is 0 Å². The molecule has 1 heterocycles. The summed E-state index contributed by atoms with van der Waals surface area (Å²) in [5.74, 6) is -2.01. The topological polar surface area (TPSA) is 99.4 Å². The quantitative estimate of drug-likeness (QED) is 0.259. The van der Waals surface area contributed by atoms with Crippen molar-refractivity contribution < 1.29 is 19.2 Å². The average molecular weight is 278 g/mol. The Morgan fingerprint density at radius 3 is 2.65 bits per heavy atom. The maximum Gasteiger partial charge on any atom is 0.323 e. The lowest BCUT2D eigenvalue weighted by molar-refractivity contribution is -0.385. The van der Waals surface area contributed by atoms with Crippen LogP contribution in [0.15, 0.2) is 30.5 Å². The number of pyridine rings is 1. The summed E-state index contributed by atoms with van der Waals surface area (Å²) in [7, 11) is 0. The van der Waals surface area contributed by atoms with Crippen LogP contribution in [-0.4, -0.2) is 21.7 Å². The Morgan fingerprint density at radius 1 is 1.50 bits per heavy atom. The van der Waals surface area contributed by atoms with Gasteiger partial charge in [-0.2, -0.15) is 0 Å². The molecule has 0 spiro atoms. The third kappa shape index (κ3) is 4.27. The van der Waals surface area contributed by atoms with E-state index in [0.717, 1.165) is 6.20 Å². The van der Waals surface area contributed by atoms with Gasteiger partial charge in [-0.1, -0.05) is 12.2 Å². The zero-order valence-corrected chi connectivity index (χ0v) is 11.1. The lowest BCUT2D eigenvalue weighted by Crippen LogP contribution is -2.26. The van der Waals surface area contributed by atoms with Crippen molar-refractivity contribution in [3.05, 3.63) is 40.6 Å². The second-order valence-electron chi connectivity index (χ2n) is 4.00. The van der Waals surface area contributed by atoms with Crippen molar-refractivity contribution in [2.75, 3.05) is 0 Å². The first-order chi connectivity index (χ1) is 9.45. The van der Waals surface area contributed by atoms with Gasteiger partial charge in [0.1, 0.15) is 17.9 Å². The number of ketones is 1. The molecule has 1 unspecified atom stereocenters. The molecule has 0 N–H and O–H groups in total. The molecule has 0 saturated heterocycles. The summed E-state index contributed by atoms with van der Waals surface area (Å²) < 4.78 is 4.94. The van der Waals surface area contributed by atoms with Crippen LogP contribution in [0.3, 0.4) is 0 Å². The number of nitro groups is 1. The summed E-state index contributed by atoms with van der Waals surface area (Å²) in [6, 6.07) is 2.38. The van der Waals surface area contributed by atoms with E-state index >= 15 is 0 Å². The molecule has 0 fully saturated rings. The van der Waals surface area contributed by atoms with Gasteiger partial charge in [-0.25, -0.2) is 4.98 Å². The molecule has 1 aromatic rings. The highest BCUT2D eigenvalue weighted by Gasteiger charge is 2.24. The first-order valence-electron chi connectivity index (χ1n) is 5.89. The number of nitrogens with zero attached hydrogens (tertiary/aromatic N) is 2. The fourth-order valence-electron chi connectivity index (χ4n) is 1.42. The molecular weight excluding hydrogens is 264 g/mol. The highest BCUT2D eigenvalue weighted by atomic mass is 16.6. The number of hydrogen-bond donors (Lipinski definition) is 0. The Balaban J connectivity index is 2.77. The lowest BCUT2D eigenvalue weighted by Gasteiger charge is -2.10. The van der Waals surface area contributed by atoms with Gasteiger partial charge in [-0.15, -0.1) is 0 Å². The molecule has 0 saturated carbocycles. The second-order valence-corrected chi connectivity index (χ2v) is 4.00. The number of Topliss-reactive ketones (excluding diaryl/α,β-unsaturated/α-hetero) is 1. The summed E-state index contributed by atoms with van der Waals surface area (Å²) in [6.07, 6.45) is 4.65. The number of ether oxygens (including phenoxy) is 1. The standard InChI is InChI=1S/C13H14N2O5/c1-3-4-5-11(9(2)16)13(17)20-12-7-6-10(8-14-12)15(18)19/h3-4,6-8,11H,5H2,1-2H3. The van der Waals surface area contributed by atoms with Crippen LogP contribution in [0.4, 0.5) is 5.69 Å². The summed E-state index contributed by atoms with van der Waals surface area (Å²) in [4.78, 5) is 36.7. The first-order valence-corrected chi connectivity index (χ1v) is 5.89. The molecular formula is C13H14N2O5. The zero-order chi connectivity index (χ0) is 15.1. The van der Waals surface area contributed by atoms with Crippen molar-refractivity contribution >= 4 is 17.4 Å². The molecule has 0 aromatic carbocycles. The second kappa shape index (κ2) is 7.13. The number of rotatable bonds is 6. The van der Waals surface area contributed by atoms with E-state index in [9.17, 15) is 19.7 Å². The molecule has 106 valence electrons. The third-order valence-electron chi connectivity index (χ3n) is 2.52. The highest BCUT2D eigenvalue weighted by Crippen LogP contribution is 2.16. The summed E-state index contributed by atoms with van der Waals surface area (Å²) in [5.41, 5.74) is -0.207. The van der Waals surface area contributed by atoms with Gasteiger partial charge in [-0.05, 0) is 20.3 Å². The maximum atomic E-state index is 11.8. The van der Waals surface area contributed by atoms with E-state index in [1.165, 1.54) is 19.1 Å². The molecule has 0 amide bonds. The Morgan fingerprint density at radius 2 is 2.20 bits per heavy atom. The van der Waals surface area contributed by atoms with Crippen LogP contribution in [0.1, 0.15) is 20.3 Å². The van der Waals surface area contributed by atoms with Crippen LogP contribution in [0.2, 0.25) is 0 Å². The highest BCUT2D eigenvalue weighted by molar-refractivity contribution is 5.98. The van der Waals surface area contributed by atoms with Crippen LogP contribution in [0, 0.1) is 16.0 Å². The van der Waals surface area contributed by atoms with E-state index < -0.39 is 16.8 Å². The van der Waals surface area contributed by atoms with Crippen molar-refractivity contribution in [1.82, 2.24) is 4.98 Å². The van der Waals surface area contributed by atoms with E-state index in [0.29, 0.717) is 0 Å². The molecule has 0 aliphatic heterocycles. The van der Waals surface area contributed by atoms with E-state index in [1.807, 2.05) is 0 Å². The van der Waals surface area contributed by atoms with Crippen LogP contribution in [0.25, 0.3) is 0 Å². The van der Waals surface area contributed by atoms with Gasteiger partial charge in [0.15, 0.2) is 0 Å². The number of esters is 1. The fraction of sp³-hybridized carbons (Fsp3) is 0.308. The first kappa shape index (κ1) is 15.5. The van der Waals surface area contributed by atoms with E-state index in [2.05, 4.69) is 4.98 Å². The predicted molar refractivity (Wildman–Crippen MR) is 70.1 cm³/mol. The molecule has 7 heteroatoms. The smallest absolute Gasteiger partial charge is 0.323 e. The van der Waals surface area contributed by atoms with Crippen molar-refractivity contribution in [2.45, 2.75) is 20.3 Å². The van der Waals surface area contributed by atoms with Crippen LogP contribution in [0.5, 0.6) is 5.88 Å². The molecule has 0 aliphatic rings. The average Bonchev–Trinajstić information content (AvgIpc) is 2.39. The molecule has 0 aliphatic carbocycles. The number of carbonyl (C=O) groups is 2. The Hall–Kier alpha value is -2.57. The monoisotopic (exact) mass is 278 g/mol. The summed E-state index contributed by atoms with van der Waals surface area (Å²) >= 11 is 0.